The highest BCUT2D eigenvalue weighted by Crippen LogP contribution is 2.24. The van der Waals surface area contributed by atoms with E-state index in [-0.39, 0.29) is 5.75 Å². The molecule has 0 atom stereocenters. The van der Waals surface area contributed by atoms with Crippen molar-refractivity contribution in [2.45, 2.75) is 19.7 Å². The highest BCUT2D eigenvalue weighted by atomic mass is 19.4. The highest BCUT2D eigenvalue weighted by Gasteiger charge is 2.30. The van der Waals surface area contributed by atoms with Crippen LogP contribution < -0.4 is 4.74 Å². The summed E-state index contributed by atoms with van der Waals surface area (Å²) in [6.45, 7) is 1.99. The molecule has 0 fully saturated rings. The summed E-state index contributed by atoms with van der Waals surface area (Å²) in [6, 6.07) is 5.45. The molecule has 0 unspecified atom stereocenters. The number of nitrogens with zero attached hydrogens (tertiary/aromatic N) is 2. The Morgan fingerprint density at radius 1 is 1.05 bits per heavy atom. The third-order valence-corrected chi connectivity index (χ3v) is 2.46. The van der Waals surface area contributed by atoms with Gasteiger partial charge in [-0.1, -0.05) is 6.92 Å². The van der Waals surface area contributed by atoms with Gasteiger partial charge in [-0.05, 0) is 36.2 Å². The largest absolute Gasteiger partial charge is 0.573 e. The summed E-state index contributed by atoms with van der Waals surface area (Å²) >= 11 is 0. The lowest BCUT2D eigenvalue weighted by Gasteiger charge is -2.09. The zero-order chi connectivity index (χ0) is 13.9. The van der Waals surface area contributed by atoms with E-state index in [1.54, 1.807) is 12.4 Å². The van der Waals surface area contributed by atoms with Crippen LogP contribution in [-0.4, -0.2) is 16.3 Å². The van der Waals surface area contributed by atoms with Crippen molar-refractivity contribution in [1.82, 2.24) is 9.97 Å². The van der Waals surface area contributed by atoms with Crippen molar-refractivity contribution in [1.29, 1.82) is 0 Å². The molecule has 0 N–H and O–H groups in total. The molecule has 0 saturated heterocycles. The molecule has 0 amide bonds. The molecule has 1 aromatic carbocycles. The molecule has 0 spiro atoms. The molecule has 0 radical (unpaired) electrons. The Hall–Kier alpha value is -2.11. The first kappa shape index (κ1) is 13.3. The van der Waals surface area contributed by atoms with Crippen molar-refractivity contribution in [3.63, 3.8) is 0 Å². The van der Waals surface area contributed by atoms with Gasteiger partial charge >= 0.3 is 6.36 Å². The van der Waals surface area contributed by atoms with Gasteiger partial charge in [0, 0.05) is 18.0 Å². The molecule has 1 heterocycles. The lowest BCUT2D eigenvalue weighted by atomic mass is 10.2. The second-order valence-electron chi connectivity index (χ2n) is 3.84. The van der Waals surface area contributed by atoms with Gasteiger partial charge in [-0.15, -0.1) is 13.2 Å². The summed E-state index contributed by atoms with van der Waals surface area (Å²) in [4.78, 5) is 8.30. The average Bonchev–Trinajstić information content (AvgIpc) is 2.38. The van der Waals surface area contributed by atoms with E-state index in [1.807, 2.05) is 6.92 Å². The minimum Gasteiger partial charge on any atom is -0.406 e. The van der Waals surface area contributed by atoms with Crippen LogP contribution in [0.15, 0.2) is 36.7 Å². The predicted octanol–water partition coefficient (Wildman–Crippen LogP) is 3.60. The van der Waals surface area contributed by atoms with Crippen molar-refractivity contribution < 1.29 is 17.9 Å². The fraction of sp³-hybridized carbons (Fsp3) is 0.231. The zero-order valence-corrected chi connectivity index (χ0v) is 10.1. The molecule has 2 aromatic rings. The minimum atomic E-state index is -4.68. The van der Waals surface area contributed by atoms with Crippen LogP contribution in [0.2, 0.25) is 0 Å². The van der Waals surface area contributed by atoms with Crippen LogP contribution >= 0.6 is 0 Å². The second-order valence-corrected chi connectivity index (χ2v) is 3.84. The quantitative estimate of drug-likeness (QED) is 0.853. The molecule has 1 aromatic heterocycles. The Balaban J connectivity index is 2.17. The Bertz CT molecular complexity index is 535. The van der Waals surface area contributed by atoms with E-state index in [1.165, 1.54) is 24.3 Å². The maximum absolute atomic E-state index is 12.0. The van der Waals surface area contributed by atoms with E-state index in [9.17, 15) is 13.2 Å². The van der Waals surface area contributed by atoms with Crippen LogP contribution in [0.3, 0.4) is 0 Å². The fourth-order valence-corrected chi connectivity index (χ4v) is 1.49. The number of hydrogen-bond donors (Lipinski definition) is 0. The number of alkyl halides is 3. The van der Waals surface area contributed by atoms with E-state index in [0.29, 0.717) is 11.4 Å². The Morgan fingerprint density at radius 3 is 2.11 bits per heavy atom. The number of ether oxygens (including phenoxy) is 1. The topological polar surface area (TPSA) is 35.0 Å². The number of aromatic nitrogens is 2. The Labute approximate surface area is 108 Å². The smallest absolute Gasteiger partial charge is 0.406 e. The van der Waals surface area contributed by atoms with Crippen molar-refractivity contribution >= 4 is 0 Å². The third-order valence-electron chi connectivity index (χ3n) is 2.46. The molecule has 3 nitrogen and oxygen atoms in total. The zero-order valence-electron chi connectivity index (χ0n) is 10.1. The summed E-state index contributed by atoms with van der Waals surface area (Å²) < 4.78 is 39.8. The molecule has 0 aliphatic carbocycles. The number of halogens is 3. The average molecular weight is 268 g/mol. The van der Waals surface area contributed by atoms with Gasteiger partial charge in [-0.3, -0.25) is 0 Å². The van der Waals surface area contributed by atoms with Gasteiger partial charge in [0.15, 0.2) is 5.82 Å². The lowest BCUT2D eigenvalue weighted by molar-refractivity contribution is -0.274. The number of aryl methyl sites for hydroxylation is 1. The third kappa shape index (κ3) is 3.67. The van der Waals surface area contributed by atoms with Gasteiger partial charge in [0.2, 0.25) is 0 Å². The molecule has 2 rings (SSSR count). The molecular weight excluding hydrogens is 257 g/mol. The number of rotatable bonds is 3. The summed E-state index contributed by atoms with van der Waals surface area (Å²) in [5.41, 5.74) is 1.64. The SMILES string of the molecule is CCc1cnc(-c2ccc(OC(F)(F)F)cc2)nc1. The van der Waals surface area contributed by atoms with E-state index in [4.69, 9.17) is 0 Å². The van der Waals surface area contributed by atoms with Crippen LogP contribution in [0.4, 0.5) is 13.2 Å². The van der Waals surface area contributed by atoms with E-state index in [2.05, 4.69) is 14.7 Å². The van der Waals surface area contributed by atoms with Crippen molar-refractivity contribution in [2.24, 2.45) is 0 Å². The number of hydrogen-bond acceptors (Lipinski definition) is 3. The maximum Gasteiger partial charge on any atom is 0.573 e. The monoisotopic (exact) mass is 268 g/mol. The molecule has 0 saturated carbocycles. The highest BCUT2D eigenvalue weighted by molar-refractivity contribution is 5.55. The Morgan fingerprint density at radius 2 is 1.63 bits per heavy atom. The first-order valence-corrected chi connectivity index (χ1v) is 5.65. The number of benzene rings is 1. The summed E-state index contributed by atoms with van der Waals surface area (Å²) in [5, 5.41) is 0. The lowest BCUT2D eigenvalue weighted by Crippen LogP contribution is -2.16. The van der Waals surface area contributed by atoms with Gasteiger partial charge in [-0.25, -0.2) is 9.97 Å². The van der Waals surface area contributed by atoms with Gasteiger partial charge < -0.3 is 4.74 Å². The van der Waals surface area contributed by atoms with Crippen LogP contribution in [0.25, 0.3) is 11.4 Å². The first-order valence-electron chi connectivity index (χ1n) is 5.65. The van der Waals surface area contributed by atoms with Crippen LogP contribution in [0.5, 0.6) is 5.75 Å². The molecule has 0 aliphatic rings. The van der Waals surface area contributed by atoms with Crippen molar-refractivity contribution in [3.8, 4) is 17.1 Å². The van der Waals surface area contributed by atoms with E-state index < -0.39 is 6.36 Å². The fourth-order valence-electron chi connectivity index (χ4n) is 1.49. The van der Waals surface area contributed by atoms with Crippen molar-refractivity contribution in [2.75, 3.05) is 0 Å². The Kier molecular flexibility index (Phi) is 3.69. The maximum atomic E-state index is 12.0. The van der Waals surface area contributed by atoms with Crippen molar-refractivity contribution in [3.05, 3.63) is 42.2 Å². The molecule has 6 heteroatoms. The molecule has 0 aliphatic heterocycles. The van der Waals surface area contributed by atoms with Crippen LogP contribution in [0.1, 0.15) is 12.5 Å². The van der Waals surface area contributed by atoms with Gasteiger partial charge in [0.1, 0.15) is 5.75 Å². The predicted molar refractivity (Wildman–Crippen MR) is 63.5 cm³/mol. The van der Waals surface area contributed by atoms with Crippen LogP contribution in [-0.2, 0) is 6.42 Å². The molecule has 100 valence electrons. The normalized spacial score (nSPS) is 11.4. The summed E-state index contributed by atoms with van der Waals surface area (Å²) in [5.74, 6) is 0.206. The van der Waals surface area contributed by atoms with Gasteiger partial charge in [-0.2, -0.15) is 0 Å². The standard InChI is InChI=1S/C13H11F3N2O/c1-2-9-7-17-12(18-8-9)10-3-5-11(6-4-10)19-13(14,15)16/h3-8H,2H2,1H3. The summed E-state index contributed by atoms with van der Waals surface area (Å²) in [6.07, 6.45) is -0.454. The van der Waals surface area contributed by atoms with Gasteiger partial charge in [0.25, 0.3) is 0 Å². The molecular formula is C13H11F3N2O. The first-order chi connectivity index (χ1) is 8.98. The molecule has 19 heavy (non-hydrogen) atoms. The van der Waals surface area contributed by atoms with Gasteiger partial charge in [0.05, 0.1) is 0 Å². The van der Waals surface area contributed by atoms with E-state index >= 15 is 0 Å². The summed E-state index contributed by atoms with van der Waals surface area (Å²) in [7, 11) is 0. The second kappa shape index (κ2) is 5.26. The van der Waals surface area contributed by atoms with Crippen LogP contribution in [0, 0.1) is 0 Å². The van der Waals surface area contributed by atoms with E-state index in [0.717, 1.165) is 12.0 Å². The minimum absolute atomic E-state index is 0.263. The molecule has 0 bridgehead atoms.